The lowest BCUT2D eigenvalue weighted by Crippen LogP contribution is -2.25. The smallest absolute Gasteiger partial charge is 0.278 e. The van der Waals surface area contributed by atoms with Gasteiger partial charge in [0.15, 0.2) is 15.9 Å². The summed E-state index contributed by atoms with van der Waals surface area (Å²) in [7, 11) is -4.43. The zero-order chi connectivity index (χ0) is 12.3. The predicted molar refractivity (Wildman–Crippen MR) is 58.3 cm³/mol. The number of aromatic nitrogens is 2. The first-order valence-electron chi connectivity index (χ1n) is 4.56. The number of nitrogens with one attached hydrogen (secondary N) is 1. The monoisotopic (exact) mass is 252 g/mol. The van der Waals surface area contributed by atoms with E-state index in [1.165, 1.54) is 12.4 Å². The van der Waals surface area contributed by atoms with Crippen molar-refractivity contribution in [1.82, 2.24) is 15.4 Å². The fourth-order valence-electron chi connectivity index (χ4n) is 1.19. The van der Waals surface area contributed by atoms with Crippen molar-refractivity contribution in [3.8, 4) is 0 Å². The highest BCUT2D eigenvalue weighted by atomic mass is 32.2. The van der Waals surface area contributed by atoms with E-state index in [4.69, 9.17) is 0 Å². The molecule has 1 N–H and O–H groups in total. The number of hydrogen-bond donors (Lipinski definition) is 1. The molecule has 0 unspecified atom stereocenters. The van der Waals surface area contributed by atoms with Gasteiger partial charge in [-0.25, -0.2) is 18.4 Å². The number of hydrazine groups is 1. The van der Waals surface area contributed by atoms with Gasteiger partial charge in [-0.3, -0.25) is 0 Å². The van der Waals surface area contributed by atoms with Crippen LogP contribution in [0.4, 0.5) is 0 Å². The zero-order valence-corrected chi connectivity index (χ0v) is 9.33. The van der Waals surface area contributed by atoms with E-state index in [2.05, 4.69) is 15.4 Å². The Hall–Kier alpha value is -2.06. The second-order valence-corrected chi connectivity index (χ2v) is 4.32. The van der Waals surface area contributed by atoms with Gasteiger partial charge in [0.25, 0.3) is 5.55 Å². The molecule has 1 aromatic heterocycles. The van der Waals surface area contributed by atoms with E-state index in [1.54, 1.807) is 24.5 Å². The van der Waals surface area contributed by atoms with Crippen LogP contribution in [0.2, 0.25) is 0 Å². The molecule has 0 fully saturated rings. The van der Waals surface area contributed by atoms with Crippen LogP contribution in [0.25, 0.3) is 5.57 Å². The first-order valence-corrected chi connectivity index (χ1v) is 6.03. The maximum Gasteiger partial charge on any atom is 0.278 e. The highest BCUT2D eigenvalue weighted by Crippen LogP contribution is 2.10. The summed E-state index contributed by atoms with van der Waals surface area (Å²) in [4.78, 5) is 8.05. The van der Waals surface area contributed by atoms with Crippen LogP contribution < -0.4 is 5.43 Å². The molecule has 0 radical (unpaired) electrons. The fraction of sp³-hybridized carbons (Fsp3) is 0. The van der Waals surface area contributed by atoms with Crippen molar-refractivity contribution in [2.45, 2.75) is 0 Å². The van der Waals surface area contributed by atoms with E-state index < -0.39 is 10.1 Å². The second kappa shape index (κ2) is 4.44. The standard InChI is InChI=1S/C9H8N4O3S/c14-17(15,16)7-13-5-2-8(6-12-13)9-10-3-1-4-11-9/h1-7,12H. The summed E-state index contributed by atoms with van der Waals surface area (Å²) >= 11 is 0. The molecular weight excluding hydrogens is 244 g/mol. The van der Waals surface area contributed by atoms with E-state index in [0.29, 0.717) is 16.9 Å². The molecule has 0 saturated carbocycles. The van der Waals surface area contributed by atoms with E-state index in [-0.39, 0.29) is 0 Å². The second-order valence-electron chi connectivity index (χ2n) is 3.12. The molecule has 1 aliphatic rings. The van der Waals surface area contributed by atoms with Gasteiger partial charge in [0, 0.05) is 24.0 Å². The average Bonchev–Trinajstić information content (AvgIpc) is 2.29. The van der Waals surface area contributed by atoms with Crippen LogP contribution >= 0.6 is 0 Å². The Balaban J connectivity index is 2.21. The average molecular weight is 252 g/mol. The molecule has 17 heavy (non-hydrogen) atoms. The minimum atomic E-state index is -4.43. The lowest BCUT2D eigenvalue weighted by Gasteiger charge is -2.05. The van der Waals surface area contributed by atoms with Crippen LogP contribution in [-0.2, 0) is 10.1 Å². The van der Waals surface area contributed by atoms with Crippen molar-refractivity contribution in [2.24, 2.45) is 0 Å². The van der Waals surface area contributed by atoms with Crippen LogP contribution in [0.5, 0.6) is 0 Å². The van der Waals surface area contributed by atoms with Gasteiger partial charge in [0.2, 0.25) is 6.20 Å². The van der Waals surface area contributed by atoms with E-state index in [9.17, 15) is 13.0 Å². The number of allylic oxidation sites excluding steroid dienone is 2. The van der Waals surface area contributed by atoms with E-state index in [0.717, 1.165) is 4.68 Å². The van der Waals surface area contributed by atoms with E-state index in [1.807, 2.05) is 0 Å². The highest BCUT2D eigenvalue weighted by molar-refractivity contribution is 7.99. The molecule has 0 aromatic carbocycles. The molecule has 0 aliphatic carbocycles. The van der Waals surface area contributed by atoms with Crippen molar-refractivity contribution < 1.29 is 17.7 Å². The number of hydrogen-bond acceptors (Lipinski definition) is 6. The maximum atomic E-state index is 10.5. The minimum absolute atomic E-state index is 0.501. The lowest BCUT2D eigenvalue weighted by molar-refractivity contribution is -0.504. The molecule has 7 nitrogen and oxygen atoms in total. The molecule has 0 spiro atoms. The Morgan fingerprint density at radius 2 is 2.06 bits per heavy atom. The summed E-state index contributed by atoms with van der Waals surface area (Å²) in [5, 5.41) is 0. The molecule has 8 heteroatoms. The molecule has 0 bridgehead atoms. The van der Waals surface area contributed by atoms with Gasteiger partial charge in [-0.05, 0) is 6.07 Å². The van der Waals surface area contributed by atoms with Crippen molar-refractivity contribution in [3.05, 3.63) is 42.8 Å². The molecule has 88 valence electrons. The first-order chi connectivity index (χ1) is 8.04. The Kier molecular flexibility index (Phi) is 2.98. The van der Waals surface area contributed by atoms with Gasteiger partial charge in [-0.1, -0.05) is 4.68 Å². The molecular formula is C9H8N4O3S. The number of hydrazone groups is 1. The normalized spacial score (nSPS) is 17.7. The van der Waals surface area contributed by atoms with Crippen LogP contribution in [0.3, 0.4) is 0 Å². The summed E-state index contributed by atoms with van der Waals surface area (Å²) in [6.07, 6.45) is 7.67. The van der Waals surface area contributed by atoms with Gasteiger partial charge >= 0.3 is 0 Å². The van der Waals surface area contributed by atoms with Crippen molar-refractivity contribution in [1.29, 1.82) is 0 Å². The van der Waals surface area contributed by atoms with Gasteiger partial charge in [0.1, 0.15) is 0 Å². The van der Waals surface area contributed by atoms with Gasteiger partial charge in [0.05, 0.1) is 6.20 Å². The molecule has 1 aliphatic heterocycles. The SMILES string of the molecule is O=S(=O)([O-])C=[N+]1C=CC(c2ncccn2)=CN1. The Bertz CT molecular complexity index is 604. The summed E-state index contributed by atoms with van der Waals surface area (Å²) in [5.41, 5.74) is 3.80. The quantitative estimate of drug-likeness (QED) is 0.430. The van der Waals surface area contributed by atoms with Crippen molar-refractivity contribution in [3.63, 3.8) is 0 Å². The van der Waals surface area contributed by atoms with Crippen LogP contribution in [0, 0.1) is 0 Å². The largest absolute Gasteiger partial charge is 0.740 e. The zero-order valence-electron chi connectivity index (χ0n) is 8.52. The number of nitrogens with zero attached hydrogens (tertiary/aromatic N) is 3. The minimum Gasteiger partial charge on any atom is -0.740 e. The molecule has 0 atom stereocenters. The van der Waals surface area contributed by atoms with Crippen LogP contribution in [0.15, 0.2) is 36.9 Å². The third kappa shape index (κ3) is 3.20. The maximum absolute atomic E-state index is 10.5. The molecule has 2 heterocycles. The summed E-state index contributed by atoms with van der Waals surface area (Å²) in [6, 6.07) is 1.69. The van der Waals surface area contributed by atoms with E-state index >= 15 is 0 Å². The van der Waals surface area contributed by atoms with Gasteiger partial charge < -0.3 is 4.55 Å². The summed E-state index contributed by atoms with van der Waals surface area (Å²) < 4.78 is 32.5. The van der Waals surface area contributed by atoms with Gasteiger partial charge in [-0.15, -0.1) is 0 Å². The third-order valence-electron chi connectivity index (χ3n) is 1.85. The third-order valence-corrected chi connectivity index (χ3v) is 2.34. The Morgan fingerprint density at radius 1 is 1.35 bits per heavy atom. The van der Waals surface area contributed by atoms with Crippen LogP contribution in [0.1, 0.15) is 5.82 Å². The predicted octanol–water partition coefficient (Wildman–Crippen LogP) is -0.565. The van der Waals surface area contributed by atoms with Crippen molar-refractivity contribution in [2.75, 3.05) is 0 Å². The Labute approximate surface area is 97.6 Å². The molecule has 0 amide bonds. The highest BCUT2D eigenvalue weighted by Gasteiger charge is 2.10. The summed E-state index contributed by atoms with van der Waals surface area (Å²) in [5.74, 6) is 0.501. The van der Waals surface area contributed by atoms with Crippen molar-refractivity contribution >= 4 is 21.2 Å². The van der Waals surface area contributed by atoms with Crippen LogP contribution in [-0.4, -0.2) is 33.2 Å². The fourth-order valence-corrected chi connectivity index (χ4v) is 1.60. The topological polar surface area (TPSA) is 98.0 Å². The molecule has 0 saturated heterocycles. The Morgan fingerprint density at radius 3 is 2.59 bits per heavy atom. The van der Waals surface area contributed by atoms with Gasteiger partial charge in [-0.2, -0.15) is 5.43 Å². The lowest BCUT2D eigenvalue weighted by atomic mass is 10.2. The first kappa shape index (κ1) is 11.4. The summed E-state index contributed by atoms with van der Waals surface area (Å²) in [6.45, 7) is 0. The molecule has 2 rings (SSSR count). The number of rotatable bonds is 2. The molecule has 1 aromatic rings.